The highest BCUT2D eigenvalue weighted by molar-refractivity contribution is 5.56. The van der Waals surface area contributed by atoms with E-state index in [1.807, 2.05) is 37.3 Å². The molecule has 88 valence electrons. The monoisotopic (exact) mass is 230 g/mol. The van der Waals surface area contributed by atoms with E-state index in [0.717, 1.165) is 5.56 Å². The second kappa shape index (κ2) is 4.37. The molecule has 0 heterocycles. The molecular weight excluding hydrogens is 216 g/mol. The van der Waals surface area contributed by atoms with Gasteiger partial charge in [0.1, 0.15) is 11.5 Å². The Balaban J connectivity index is 2.43. The smallest absolute Gasteiger partial charge is 0.164 e. The molecule has 0 aliphatic rings. The van der Waals surface area contributed by atoms with Gasteiger partial charge in [-0.25, -0.2) is 0 Å². The standard InChI is InChI=1S/C14H14O3/c1-9-8-12(15)13(16)10(2)14(9)17-11-6-4-3-5-7-11/h3-8,15-16H,1-2H3. The van der Waals surface area contributed by atoms with E-state index in [2.05, 4.69) is 0 Å². The van der Waals surface area contributed by atoms with E-state index in [4.69, 9.17) is 4.74 Å². The molecule has 17 heavy (non-hydrogen) atoms. The fourth-order valence-corrected chi connectivity index (χ4v) is 1.70. The van der Waals surface area contributed by atoms with Gasteiger partial charge in [-0.05, 0) is 37.6 Å². The maximum Gasteiger partial charge on any atom is 0.164 e. The van der Waals surface area contributed by atoms with E-state index in [1.54, 1.807) is 6.92 Å². The van der Waals surface area contributed by atoms with E-state index in [1.165, 1.54) is 6.07 Å². The van der Waals surface area contributed by atoms with Gasteiger partial charge in [0, 0.05) is 5.56 Å². The lowest BCUT2D eigenvalue weighted by Crippen LogP contribution is -1.91. The first-order chi connectivity index (χ1) is 8.09. The summed E-state index contributed by atoms with van der Waals surface area (Å²) in [6, 6.07) is 10.8. The lowest BCUT2D eigenvalue weighted by atomic mass is 10.1. The van der Waals surface area contributed by atoms with E-state index in [0.29, 0.717) is 17.1 Å². The normalized spacial score (nSPS) is 10.2. The van der Waals surface area contributed by atoms with Crippen LogP contribution in [-0.2, 0) is 0 Å². The number of rotatable bonds is 2. The average molecular weight is 230 g/mol. The largest absolute Gasteiger partial charge is 0.504 e. The second-order valence-corrected chi connectivity index (χ2v) is 3.93. The fourth-order valence-electron chi connectivity index (χ4n) is 1.70. The number of hydrogen-bond acceptors (Lipinski definition) is 3. The Bertz CT molecular complexity index is 533. The topological polar surface area (TPSA) is 49.7 Å². The Morgan fingerprint density at radius 3 is 2.29 bits per heavy atom. The third kappa shape index (κ3) is 2.18. The maximum absolute atomic E-state index is 9.66. The molecule has 0 spiro atoms. The number of benzene rings is 2. The van der Waals surface area contributed by atoms with Crippen molar-refractivity contribution >= 4 is 0 Å². The van der Waals surface area contributed by atoms with Crippen LogP contribution in [0.1, 0.15) is 11.1 Å². The summed E-state index contributed by atoms with van der Waals surface area (Å²) in [5, 5.41) is 19.1. The molecule has 0 saturated carbocycles. The highest BCUT2D eigenvalue weighted by Crippen LogP contribution is 2.39. The summed E-state index contributed by atoms with van der Waals surface area (Å²) < 4.78 is 5.70. The van der Waals surface area contributed by atoms with Crippen molar-refractivity contribution in [3.63, 3.8) is 0 Å². The molecule has 0 radical (unpaired) electrons. The van der Waals surface area contributed by atoms with Crippen molar-refractivity contribution in [3.8, 4) is 23.0 Å². The predicted molar refractivity (Wildman–Crippen MR) is 65.8 cm³/mol. The molecule has 0 aliphatic carbocycles. The van der Waals surface area contributed by atoms with E-state index < -0.39 is 0 Å². The Kier molecular flexibility index (Phi) is 2.91. The van der Waals surface area contributed by atoms with Gasteiger partial charge >= 0.3 is 0 Å². The molecule has 0 bridgehead atoms. The number of aromatic hydroxyl groups is 2. The zero-order valence-corrected chi connectivity index (χ0v) is 9.77. The van der Waals surface area contributed by atoms with Crippen LogP contribution in [0.25, 0.3) is 0 Å². The molecule has 0 atom stereocenters. The number of ether oxygens (including phenoxy) is 1. The summed E-state index contributed by atoms with van der Waals surface area (Å²) in [6.07, 6.45) is 0. The molecule has 0 unspecified atom stereocenters. The Morgan fingerprint density at radius 2 is 1.65 bits per heavy atom. The number of phenols is 2. The Morgan fingerprint density at radius 1 is 1.00 bits per heavy atom. The lowest BCUT2D eigenvalue weighted by Gasteiger charge is -2.13. The molecule has 0 amide bonds. The van der Waals surface area contributed by atoms with Gasteiger partial charge in [0.25, 0.3) is 0 Å². The van der Waals surface area contributed by atoms with Gasteiger partial charge in [0.05, 0.1) is 0 Å². The van der Waals surface area contributed by atoms with Crippen LogP contribution in [0, 0.1) is 13.8 Å². The van der Waals surface area contributed by atoms with Gasteiger partial charge in [-0.15, -0.1) is 0 Å². The van der Waals surface area contributed by atoms with Crippen molar-refractivity contribution in [2.75, 3.05) is 0 Å². The summed E-state index contributed by atoms with van der Waals surface area (Å²) in [4.78, 5) is 0. The van der Waals surface area contributed by atoms with E-state index in [-0.39, 0.29) is 11.5 Å². The highest BCUT2D eigenvalue weighted by Gasteiger charge is 2.13. The molecule has 0 fully saturated rings. The zero-order valence-electron chi connectivity index (χ0n) is 9.77. The minimum atomic E-state index is -0.137. The molecule has 2 rings (SSSR count). The first kappa shape index (κ1) is 11.3. The number of para-hydroxylation sites is 1. The quantitative estimate of drug-likeness (QED) is 0.776. The van der Waals surface area contributed by atoms with Crippen LogP contribution in [0.2, 0.25) is 0 Å². The first-order valence-corrected chi connectivity index (χ1v) is 5.34. The van der Waals surface area contributed by atoms with Crippen molar-refractivity contribution in [3.05, 3.63) is 47.5 Å². The van der Waals surface area contributed by atoms with E-state index in [9.17, 15) is 10.2 Å². The summed E-state index contributed by atoms with van der Waals surface area (Å²) in [7, 11) is 0. The number of hydrogen-bond donors (Lipinski definition) is 2. The second-order valence-electron chi connectivity index (χ2n) is 3.93. The predicted octanol–water partition coefficient (Wildman–Crippen LogP) is 3.51. The molecule has 0 aromatic heterocycles. The van der Waals surface area contributed by atoms with Crippen molar-refractivity contribution in [2.24, 2.45) is 0 Å². The van der Waals surface area contributed by atoms with Crippen LogP contribution in [0.4, 0.5) is 0 Å². The molecule has 0 saturated heterocycles. The first-order valence-electron chi connectivity index (χ1n) is 5.34. The van der Waals surface area contributed by atoms with Gasteiger partial charge in [0.2, 0.25) is 0 Å². The third-order valence-corrected chi connectivity index (χ3v) is 2.61. The molecule has 3 heteroatoms. The zero-order chi connectivity index (χ0) is 12.4. The van der Waals surface area contributed by atoms with Gasteiger partial charge in [-0.3, -0.25) is 0 Å². The van der Waals surface area contributed by atoms with Gasteiger partial charge < -0.3 is 14.9 Å². The molecular formula is C14H14O3. The van der Waals surface area contributed by atoms with Crippen LogP contribution in [-0.4, -0.2) is 10.2 Å². The van der Waals surface area contributed by atoms with Crippen molar-refractivity contribution in [1.82, 2.24) is 0 Å². The van der Waals surface area contributed by atoms with Crippen LogP contribution >= 0.6 is 0 Å². The van der Waals surface area contributed by atoms with Crippen molar-refractivity contribution in [1.29, 1.82) is 0 Å². The molecule has 2 N–H and O–H groups in total. The van der Waals surface area contributed by atoms with Crippen molar-refractivity contribution in [2.45, 2.75) is 13.8 Å². The summed E-state index contributed by atoms with van der Waals surface area (Å²) in [5.41, 5.74) is 1.31. The number of aryl methyl sites for hydroxylation is 1. The Labute approximate surface area is 99.9 Å². The van der Waals surface area contributed by atoms with Gasteiger partial charge in [0.15, 0.2) is 11.5 Å². The lowest BCUT2D eigenvalue weighted by molar-refractivity contribution is 0.392. The summed E-state index contributed by atoms with van der Waals surface area (Å²) >= 11 is 0. The van der Waals surface area contributed by atoms with E-state index >= 15 is 0 Å². The Hall–Kier alpha value is -2.16. The SMILES string of the molecule is Cc1cc(O)c(O)c(C)c1Oc1ccccc1. The van der Waals surface area contributed by atoms with Crippen LogP contribution in [0.5, 0.6) is 23.0 Å². The average Bonchev–Trinajstić information content (AvgIpc) is 2.33. The van der Waals surface area contributed by atoms with Crippen LogP contribution in [0.15, 0.2) is 36.4 Å². The molecule has 3 nitrogen and oxygen atoms in total. The van der Waals surface area contributed by atoms with Gasteiger partial charge in [-0.1, -0.05) is 18.2 Å². The third-order valence-electron chi connectivity index (χ3n) is 2.61. The van der Waals surface area contributed by atoms with Crippen LogP contribution in [0.3, 0.4) is 0 Å². The highest BCUT2D eigenvalue weighted by atomic mass is 16.5. The van der Waals surface area contributed by atoms with Crippen molar-refractivity contribution < 1.29 is 14.9 Å². The summed E-state index contributed by atoms with van der Waals surface area (Å²) in [6.45, 7) is 3.53. The molecule has 2 aromatic carbocycles. The molecule has 2 aromatic rings. The maximum atomic E-state index is 9.66. The summed E-state index contributed by atoms with van der Waals surface area (Å²) in [5.74, 6) is 1.01. The minimum Gasteiger partial charge on any atom is -0.504 e. The van der Waals surface area contributed by atoms with Gasteiger partial charge in [-0.2, -0.15) is 0 Å². The fraction of sp³-hybridized carbons (Fsp3) is 0.143. The van der Waals surface area contributed by atoms with Crippen LogP contribution < -0.4 is 4.74 Å². The number of phenolic OH excluding ortho intramolecular Hbond substituents is 2. The minimum absolute atomic E-state index is 0.125. The molecule has 0 aliphatic heterocycles.